The fourth-order valence-electron chi connectivity index (χ4n) is 11.5. The van der Waals surface area contributed by atoms with E-state index in [1.54, 1.807) is 107 Å². The molecular weight excluding hydrogens is 1180 g/mol. The first-order valence-electron chi connectivity index (χ1n) is 32.3. The third-order valence-corrected chi connectivity index (χ3v) is 17.1. The van der Waals surface area contributed by atoms with Crippen molar-refractivity contribution >= 4 is 71.1 Å². The summed E-state index contributed by atoms with van der Waals surface area (Å²) in [4.78, 5) is 185. The average molecular weight is 1290 g/mol. The molecule has 4 unspecified atom stereocenters. The number of piperidine rings is 1. The molecule has 2 saturated heterocycles. The number of urea groups is 2. The Bertz CT molecular complexity index is 2880. The van der Waals surface area contributed by atoms with Crippen molar-refractivity contribution in [3.8, 4) is 0 Å². The summed E-state index contributed by atoms with van der Waals surface area (Å²) < 4.78 is 0. The Morgan fingerprint density at radius 1 is 0.446 bits per heavy atom. The van der Waals surface area contributed by atoms with Crippen LogP contribution in [0.15, 0.2) is 60.7 Å². The summed E-state index contributed by atoms with van der Waals surface area (Å²) in [5, 5.41) is 25.0. The van der Waals surface area contributed by atoms with Crippen LogP contribution in [-0.2, 0) is 60.8 Å². The number of aliphatic hydroxyl groups excluding tert-OH is 1. The number of hydrogen-bond donors (Lipinski definition) is 6. The van der Waals surface area contributed by atoms with Crippen LogP contribution in [0.2, 0.25) is 0 Å². The van der Waals surface area contributed by atoms with E-state index >= 15 is 19.2 Å². The SMILES string of the molecule is CC(C)CC1NC(=O)C(Cc2ccccc2)N(C)C(=O)[C@@H](C(C)C)NC(=O)C[C@@H](C(=O)N2CCCCC2)NC(=O)[C@H](Cc2ccccc2)N(C)C(=O)N(C)C(=O)C(C(C)C)NC(=O)C(CC(C)C)N(C)C(=O)N(C)C(=O)[C@H]([C@@H](C)O)NC(=O)[C@H](CC(C)C)N(C)C1=O. The average Bonchev–Trinajstić information content (AvgIpc) is 0.963. The zero-order valence-electron chi connectivity index (χ0n) is 57.2. The summed E-state index contributed by atoms with van der Waals surface area (Å²) in [5.41, 5.74) is 1.24. The van der Waals surface area contributed by atoms with E-state index < -0.39 is 150 Å². The minimum Gasteiger partial charge on any atom is -0.391 e. The van der Waals surface area contributed by atoms with Gasteiger partial charge in [-0.15, -0.1) is 0 Å². The van der Waals surface area contributed by atoms with E-state index in [-0.39, 0.29) is 49.9 Å². The molecule has 0 spiro atoms. The van der Waals surface area contributed by atoms with E-state index in [4.69, 9.17) is 0 Å². The molecule has 4 rings (SSSR count). The molecule has 2 fully saturated rings. The Labute approximate surface area is 543 Å². The van der Waals surface area contributed by atoms with Crippen molar-refractivity contribution in [1.29, 1.82) is 0 Å². The van der Waals surface area contributed by atoms with Gasteiger partial charge < -0.3 is 56.2 Å². The number of amides is 14. The molecule has 92 heavy (non-hydrogen) atoms. The Morgan fingerprint density at radius 2 is 0.826 bits per heavy atom. The maximum atomic E-state index is 15.1. The van der Waals surface area contributed by atoms with E-state index in [0.717, 1.165) is 33.1 Å². The number of carbonyl (C=O) groups excluding carboxylic acids is 12. The molecular formula is C67H104N12O13. The summed E-state index contributed by atoms with van der Waals surface area (Å²) in [7, 11) is 7.66. The minimum absolute atomic E-state index is 0.0126. The predicted octanol–water partition coefficient (Wildman–Crippen LogP) is 3.55. The van der Waals surface area contributed by atoms with E-state index in [9.17, 15) is 43.5 Å². The normalized spacial score (nSPS) is 25.1. The molecule has 2 aliphatic heterocycles. The maximum absolute atomic E-state index is 15.1. The van der Waals surface area contributed by atoms with Gasteiger partial charge in [-0.05, 0) is 86.2 Å². The Balaban J connectivity index is 1.95. The smallest absolute Gasteiger partial charge is 0.326 e. The lowest BCUT2D eigenvalue weighted by Crippen LogP contribution is -2.63. The first-order valence-corrected chi connectivity index (χ1v) is 32.3. The van der Waals surface area contributed by atoms with E-state index in [2.05, 4.69) is 26.6 Å². The topological polar surface area (TPSA) is 308 Å². The molecule has 25 nitrogen and oxygen atoms in total. The van der Waals surface area contributed by atoms with Gasteiger partial charge in [-0.2, -0.15) is 0 Å². The number of benzene rings is 2. The van der Waals surface area contributed by atoms with Gasteiger partial charge in [-0.25, -0.2) is 9.59 Å². The van der Waals surface area contributed by atoms with Crippen LogP contribution >= 0.6 is 0 Å². The quantitative estimate of drug-likeness (QED) is 0.158. The third kappa shape index (κ3) is 21.0. The van der Waals surface area contributed by atoms with Crippen LogP contribution in [-0.4, -0.2) is 226 Å². The molecule has 6 N–H and O–H groups in total. The van der Waals surface area contributed by atoms with E-state index in [1.807, 2.05) is 27.7 Å². The van der Waals surface area contributed by atoms with Gasteiger partial charge in [0.2, 0.25) is 47.3 Å². The van der Waals surface area contributed by atoms with Crippen LogP contribution in [0.4, 0.5) is 9.59 Å². The number of hydrogen-bond acceptors (Lipinski definition) is 13. The number of imide groups is 2. The Kier molecular flexibility index (Phi) is 29.3. The molecule has 0 aromatic heterocycles. The molecule has 0 aliphatic carbocycles. The second kappa shape index (κ2) is 35.2. The van der Waals surface area contributed by atoms with Crippen LogP contribution in [0.1, 0.15) is 132 Å². The molecule has 2 heterocycles. The highest BCUT2D eigenvalue weighted by atomic mass is 16.3. The summed E-state index contributed by atoms with van der Waals surface area (Å²) >= 11 is 0. The second-order valence-corrected chi connectivity index (χ2v) is 26.8. The van der Waals surface area contributed by atoms with Gasteiger partial charge in [0.25, 0.3) is 11.8 Å². The molecule has 10 atom stereocenters. The Morgan fingerprint density at radius 3 is 1.27 bits per heavy atom. The second-order valence-electron chi connectivity index (χ2n) is 26.8. The number of nitrogens with zero attached hydrogens (tertiary/aromatic N) is 7. The van der Waals surface area contributed by atoms with Crippen LogP contribution in [0.5, 0.6) is 0 Å². The van der Waals surface area contributed by atoms with Crippen molar-refractivity contribution < 1.29 is 62.6 Å². The van der Waals surface area contributed by atoms with Crippen molar-refractivity contribution in [2.75, 3.05) is 55.4 Å². The molecule has 2 aliphatic rings. The van der Waals surface area contributed by atoms with E-state index in [0.29, 0.717) is 42.0 Å². The van der Waals surface area contributed by atoms with Crippen LogP contribution in [0.25, 0.3) is 0 Å². The lowest BCUT2D eigenvalue weighted by atomic mass is 9.96. The van der Waals surface area contributed by atoms with Crippen LogP contribution in [0.3, 0.4) is 0 Å². The van der Waals surface area contributed by atoms with Gasteiger partial charge in [-0.3, -0.25) is 57.7 Å². The van der Waals surface area contributed by atoms with E-state index in [1.165, 1.54) is 47.1 Å². The molecule has 0 radical (unpaired) electrons. The van der Waals surface area contributed by atoms with Gasteiger partial charge >= 0.3 is 12.1 Å². The lowest BCUT2D eigenvalue weighted by Gasteiger charge is -2.37. The number of likely N-dealkylation sites (tertiary alicyclic amines) is 1. The van der Waals surface area contributed by atoms with Crippen molar-refractivity contribution in [3.63, 3.8) is 0 Å². The zero-order chi connectivity index (χ0) is 69.2. The molecule has 2 aromatic carbocycles. The third-order valence-electron chi connectivity index (χ3n) is 17.1. The Hall–Kier alpha value is -7.96. The monoisotopic (exact) mass is 1280 g/mol. The summed E-state index contributed by atoms with van der Waals surface area (Å²) in [6.07, 6.45) is -0.186. The van der Waals surface area contributed by atoms with Gasteiger partial charge in [-0.1, -0.05) is 130 Å². The highest BCUT2D eigenvalue weighted by Crippen LogP contribution is 2.22. The molecule has 25 heteroatoms. The van der Waals surface area contributed by atoms with Crippen molar-refractivity contribution in [2.24, 2.45) is 29.6 Å². The van der Waals surface area contributed by atoms with Gasteiger partial charge in [0.15, 0.2) is 0 Å². The summed E-state index contributed by atoms with van der Waals surface area (Å²) in [5.74, 6) is -10.1. The van der Waals surface area contributed by atoms with Crippen molar-refractivity contribution in [3.05, 3.63) is 71.8 Å². The number of nitrogens with one attached hydrogen (secondary N) is 5. The predicted molar refractivity (Wildman–Crippen MR) is 347 cm³/mol. The highest BCUT2D eigenvalue weighted by molar-refractivity contribution is 6.03. The maximum Gasteiger partial charge on any atom is 0.326 e. The highest BCUT2D eigenvalue weighted by Gasteiger charge is 2.44. The van der Waals surface area contributed by atoms with Gasteiger partial charge in [0, 0.05) is 68.2 Å². The van der Waals surface area contributed by atoms with Gasteiger partial charge in [0.05, 0.1) is 12.5 Å². The molecule has 510 valence electrons. The fraction of sp³-hybridized carbons (Fsp3) is 0.642. The number of carbonyl (C=O) groups is 12. The standard InChI is InChI=1S/C67H104N12O13/c1-39(2)33-47-61(86)73(12)49(34-40(3)4)59(84)72-56(44(11)80)65(90)78(17)66(91)75(14)50(35-41(5)6)60(85)71-55(43(9)10)64(89)77(16)67(92)76(15)52(37-46-29-23-19-24-30-46)58(83)69-48(62(87)79-31-25-20-26-32-79)38-53(81)70-54(42(7)8)63(88)74(13)51(57(82)68-47)36-45-27-21-18-22-28-45/h18-19,21-24,27-30,39-44,47-52,54-56,80H,20,25-26,31-38H2,1-17H3,(H,68,82)(H,69,83)(H,70,81)(H,71,85)(H,72,84)/t44-,47?,48+,49+,50?,51?,52+,54-,55?,56+/m1/s1. The summed E-state index contributed by atoms with van der Waals surface area (Å²) in [6, 6.07) is 2.79. The fourth-order valence-corrected chi connectivity index (χ4v) is 11.5. The largest absolute Gasteiger partial charge is 0.391 e. The number of aliphatic hydroxyl groups is 1. The van der Waals surface area contributed by atoms with Crippen LogP contribution in [0, 0.1) is 29.6 Å². The van der Waals surface area contributed by atoms with Gasteiger partial charge in [0.1, 0.15) is 54.4 Å². The zero-order valence-corrected chi connectivity index (χ0v) is 57.2. The van der Waals surface area contributed by atoms with Crippen molar-refractivity contribution in [2.45, 2.75) is 194 Å². The molecule has 0 bridgehead atoms. The lowest BCUT2D eigenvalue weighted by molar-refractivity contribution is -0.146. The molecule has 14 amide bonds. The molecule has 2 aromatic rings. The first-order chi connectivity index (χ1) is 43.1. The van der Waals surface area contributed by atoms with Crippen molar-refractivity contribution in [1.82, 2.24) is 60.9 Å². The number of rotatable bonds is 14. The minimum atomic E-state index is -1.78. The first kappa shape index (κ1) is 76.5. The number of likely N-dealkylation sites (N-methyl/N-ethyl adjacent to an activating group) is 6. The van der Waals surface area contributed by atoms with Crippen LogP contribution < -0.4 is 26.6 Å². The molecule has 0 saturated carbocycles. The summed E-state index contributed by atoms with van der Waals surface area (Å²) in [6.45, 7) is 19.4.